The van der Waals surface area contributed by atoms with Crippen molar-refractivity contribution in [1.29, 1.82) is 0 Å². The molecule has 2 aromatic carbocycles. The lowest BCUT2D eigenvalue weighted by atomic mass is 10.0. The van der Waals surface area contributed by atoms with Crippen LogP contribution in [-0.4, -0.2) is 30.1 Å². The van der Waals surface area contributed by atoms with E-state index in [-0.39, 0.29) is 25.0 Å². The van der Waals surface area contributed by atoms with Crippen molar-refractivity contribution in [1.82, 2.24) is 10.6 Å². The van der Waals surface area contributed by atoms with Gasteiger partial charge in [0.2, 0.25) is 5.91 Å². The van der Waals surface area contributed by atoms with Gasteiger partial charge in [0.15, 0.2) is 0 Å². The van der Waals surface area contributed by atoms with Crippen molar-refractivity contribution in [3.63, 3.8) is 0 Å². The monoisotopic (exact) mass is 468 g/mol. The van der Waals surface area contributed by atoms with Crippen LogP contribution in [-0.2, 0) is 32.3 Å². The number of nitrogens with one attached hydrogen (secondary N) is 2. The first-order valence-corrected chi connectivity index (χ1v) is 11.7. The summed E-state index contributed by atoms with van der Waals surface area (Å²) in [4.78, 5) is 38.2. The fourth-order valence-corrected chi connectivity index (χ4v) is 3.40. The normalized spacial score (nSPS) is 12.6. The lowest BCUT2D eigenvalue weighted by Gasteiger charge is -2.24. The molecule has 0 radical (unpaired) electrons. The first-order valence-electron chi connectivity index (χ1n) is 11.7. The average Bonchev–Trinajstić information content (AvgIpc) is 2.81. The Morgan fingerprint density at radius 2 is 1.15 bits per heavy atom. The number of alkyl carbamates (subject to hydrolysis) is 1. The molecule has 2 N–H and O–H groups in total. The fourth-order valence-electron chi connectivity index (χ4n) is 3.40. The molecule has 7 nitrogen and oxygen atoms in total. The molecule has 0 heterocycles. The molecule has 0 bridgehead atoms. The van der Waals surface area contributed by atoms with Crippen LogP contribution < -0.4 is 10.6 Å². The molecule has 0 aliphatic heterocycles. The highest BCUT2D eigenvalue weighted by molar-refractivity contribution is 5.89. The highest BCUT2D eigenvalue weighted by Gasteiger charge is 2.29. The van der Waals surface area contributed by atoms with Crippen molar-refractivity contribution in [2.45, 2.75) is 65.8 Å². The van der Waals surface area contributed by atoms with Crippen LogP contribution in [0, 0.1) is 11.8 Å². The molecular formula is C27H36N2O5. The Hall–Kier alpha value is -3.35. The second-order valence-corrected chi connectivity index (χ2v) is 9.17. The maximum absolute atomic E-state index is 13.1. The Kier molecular flexibility index (Phi) is 11.1. The third kappa shape index (κ3) is 10.1. The highest BCUT2D eigenvalue weighted by atomic mass is 16.5. The number of carbonyl (C=O) groups excluding carboxylic acids is 3. The van der Waals surface area contributed by atoms with Crippen molar-refractivity contribution in [2.24, 2.45) is 11.8 Å². The fraction of sp³-hybridized carbons (Fsp3) is 0.444. The van der Waals surface area contributed by atoms with Crippen LogP contribution in [0.25, 0.3) is 0 Å². The van der Waals surface area contributed by atoms with Crippen molar-refractivity contribution in [2.75, 3.05) is 0 Å². The summed E-state index contributed by atoms with van der Waals surface area (Å²) < 4.78 is 10.7. The molecule has 0 aliphatic rings. The minimum atomic E-state index is -0.833. The minimum absolute atomic E-state index is 0.102. The van der Waals surface area contributed by atoms with Gasteiger partial charge in [0.25, 0.3) is 0 Å². The number of ether oxygens (including phenoxy) is 2. The molecular weight excluding hydrogens is 432 g/mol. The molecule has 0 spiro atoms. The van der Waals surface area contributed by atoms with E-state index in [1.54, 1.807) is 0 Å². The summed E-state index contributed by atoms with van der Waals surface area (Å²) in [6, 6.07) is 17.0. The van der Waals surface area contributed by atoms with Gasteiger partial charge in [0.05, 0.1) is 0 Å². The van der Waals surface area contributed by atoms with E-state index < -0.39 is 30.1 Å². The first kappa shape index (κ1) is 26.9. The smallest absolute Gasteiger partial charge is 0.408 e. The van der Waals surface area contributed by atoms with Gasteiger partial charge in [-0.2, -0.15) is 0 Å². The number of amides is 2. The number of esters is 1. The largest absolute Gasteiger partial charge is 0.459 e. The maximum atomic E-state index is 13.1. The highest BCUT2D eigenvalue weighted by Crippen LogP contribution is 2.11. The van der Waals surface area contributed by atoms with Crippen molar-refractivity contribution in [3.05, 3.63) is 71.8 Å². The van der Waals surface area contributed by atoms with Gasteiger partial charge in [0.1, 0.15) is 25.3 Å². The molecule has 2 unspecified atom stereocenters. The van der Waals surface area contributed by atoms with Crippen LogP contribution >= 0.6 is 0 Å². The Labute approximate surface area is 202 Å². The third-order valence-electron chi connectivity index (χ3n) is 5.06. The molecule has 0 saturated heterocycles. The molecule has 2 aromatic rings. The van der Waals surface area contributed by atoms with Gasteiger partial charge in [-0.25, -0.2) is 9.59 Å². The van der Waals surface area contributed by atoms with Crippen LogP contribution in [0.1, 0.15) is 51.7 Å². The van der Waals surface area contributed by atoms with Crippen molar-refractivity contribution < 1.29 is 23.9 Å². The van der Waals surface area contributed by atoms with Crippen LogP contribution in [0.15, 0.2) is 60.7 Å². The first-order chi connectivity index (χ1) is 16.2. The molecule has 0 aromatic heterocycles. The van der Waals surface area contributed by atoms with Gasteiger partial charge >= 0.3 is 12.1 Å². The minimum Gasteiger partial charge on any atom is -0.459 e. The van der Waals surface area contributed by atoms with Crippen LogP contribution in [0.5, 0.6) is 0 Å². The van der Waals surface area contributed by atoms with E-state index in [1.165, 1.54) is 0 Å². The Bertz CT molecular complexity index is 900. The van der Waals surface area contributed by atoms with Crippen LogP contribution in [0.4, 0.5) is 4.79 Å². The van der Waals surface area contributed by atoms with E-state index >= 15 is 0 Å². The molecule has 0 fully saturated rings. The zero-order chi connectivity index (χ0) is 24.9. The van der Waals surface area contributed by atoms with E-state index in [2.05, 4.69) is 10.6 Å². The van der Waals surface area contributed by atoms with Crippen LogP contribution in [0.3, 0.4) is 0 Å². The van der Waals surface area contributed by atoms with Crippen molar-refractivity contribution in [3.8, 4) is 0 Å². The van der Waals surface area contributed by atoms with E-state index in [0.29, 0.717) is 12.8 Å². The summed E-state index contributed by atoms with van der Waals surface area (Å²) in [5, 5.41) is 5.43. The predicted octanol–water partition coefficient (Wildman–Crippen LogP) is 4.60. The topological polar surface area (TPSA) is 93.7 Å². The Balaban J connectivity index is 1.99. The molecule has 184 valence electrons. The standard InChI is InChI=1S/C27H36N2O5/c1-19(2)15-23(29-27(32)34-18-22-13-9-6-10-14-22)25(30)28-24(16-20(3)4)26(31)33-17-21-11-7-5-8-12-21/h5-14,19-20,23-24H,15-18H2,1-4H3,(H,28,30)(H,29,32). The zero-order valence-corrected chi connectivity index (χ0v) is 20.5. The second kappa shape index (κ2) is 14.0. The molecule has 2 rings (SSSR count). The summed E-state index contributed by atoms with van der Waals surface area (Å²) in [6.07, 6.45) is 0.142. The summed E-state index contributed by atoms with van der Waals surface area (Å²) in [6.45, 7) is 8.07. The summed E-state index contributed by atoms with van der Waals surface area (Å²) >= 11 is 0. The number of rotatable bonds is 12. The molecule has 2 amide bonds. The summed E-state index contributed by atoms with van der Waals surface area (Å²) in [5.41, 5.74) is 1.71. The molecule has 7 heteroatoms. The summed E-state index contributed by atoms with van der Waals surface area (Å²) in [5.74, 6) is -0.644. The Morgan fingerprint density at radius 1 is 0.676 bits per heavy atom. The van der Waals surface area contributed by atoms with Gasteiger partial charge in [0, 0.05) is 0 Å². The molecule has 2 atom stereocenters. The average molecular weight is 469 g/mol. The zero-order valence-electron chi connectivity index (χ0n) is 20.5. The van der Waals surface area contributed by atoms with Crippen LogP contribution in [0.2, 0.25) is 0 Å². The van der Waals surface area contributed by atoms with E-state index in [9.17, 15) is 14.4 Å². The summed E-state index contributed by atoms with van der Waals surface area (Å²) in [7, 11) is 0. The molecule has 34 heavy (non-hydrogen) atoms. The van der Waals surface area contributed by atoms with E-state index in [0.717, 1.165) is 11.1 Å². The van der Waals surface area contributed by atoms with Crippen molar-refractivity contribution >= 4 is 18.0 Å². The van der Waals surface area contributed by atoms with Gasteiger partial charge in [-0.15, -0.1) is 0 Å². The maximum Gasteiger partial charge on any atom is 0.408 e. The lowest BCUT2D eigenvalue weighted by molar-refractivity contribution is -0.149. The van der Waals surface area contributed by atoms with Gasteiger partial charge in [-0.05, 0) is 35.8 Å². The molecule has 0 aliphatic carbocycles. The number of hydrogen-bond donors (Lipinski definition) is 2. The number of benzene rings is 2. The van der Waals surface area contributed by atoms with Gasteiger partial charge < -0.3 is 20.1 Å². The Morgan fingerprint density at radius 3 is 1.65 bits per heavy atom. The SMILES string of the molecule is CC(C)CC(NC(=O)OCc1ccccc1)C(=O)NC(CC(C)C)C(=O)OCc1ccccc1. The van der Waals surface area contributed by atoms with Gasteiger partial charge in [-0.3, -0.25) is 4.79 Å². The molecule has 0 saturated carbocycles. The lowest BCUT2D eigenvalue weighted by Crippen LogP contribution is -2.52. The van der Waals surface area contributed by atoms with E-state index in [1.807, 2.05) is 88.4 Å². The predicted molar refractivity (Wildman–Crippen MR) is 131 cm³/mol. The second-order valence-electron chi connectivity index (χ2n) is 9.17. The quantitative estimate of drug-likeness (QED) is 0.444. The van der Waals surface area contributed by atoms with Gasteiger partial charge in [-0.1, -0.05) is 88.4 Å². The van der Waals surface area contributed by atoms with E-state index in [4.69, 9.17) is 9.47 Å². The third-order valence-corrected chi connectivity index (χ3v) is 5.06. The number of carbonyl (C=O) groups is 3. The number of hydrogen-bond acceptors (Lipinski definition) is 5.